The predicted octanol–water partition coefficient (Wildman–Crippen LogP) is 3.75. The van der Waals surface area contributed by atoms with E-state index in [9.17, 15) is 5.11 Å². The molecule has 148 valence electrons. The van der Waals surface area contributed by atoms with E-state index < -0.39 is 6.10 Å². The maximum Gasteiger partial charge on any atom is 0.258 e. The molecule has 5 rings (SSSR count). The first kappa shape index (κ1) is 18.3. The largest absolute Gasteiger partial charge is 0.491 e. The summed E-state index contributed by atoms with van der Waals surface area (Å²) in [4.78, 5) is 7.94. The Kier molecular flexibility index (Phi) is 5.01. The molecule has 0 fully saturated rings. The first-order valence-corrected chi connectivity index (χ1v) is 10.5. The number of hydrogen-bond donors (Lipinski definition) is 1. The van der Waals surface area contributed by atoms with Gasteiger partial charge in [0.15, 0.2) is 0 Å². The number of ether oxygens (including phenoxy) is 1. The second kappa shape index (κ2) is 7.94. The fourth-order valence-corrected chi connectivity index (χ4v) is 4.62. The molecule has 7 heteroatoms. The van der Waals surface area contributed by atoms with Crippen LogP contribution in [-0.4, -0.2) is 45.9 Å². The summed E-state index contributed by atoms with van der Waals surface area (Å²) >= 11 is 1.82. The lowest BCUT2D eigenvalue weighted by atomic mass is 10.1. The van der Waals surface area contributed by atoms with Gasteiger partial charge >= 0.3 is 0 Å². The number of aliphatic hydroxyl groups excluding tert-OH is 1. The first-order valence-electron chi connectivity index (χ1n) is 9.65. The molecule has 1 aliphatic heterocycles. The molecule has 1 atom stereocenters. The summed E-state index contributed by atoms with van der Waals surface area (Å²) in [5, 5.41) is 17.6. The Hall–Kier alpha value is -2.74. The Labute approximate surface area is 172 Å². The van der Waals surface area contributed by atoms with Crippen LogP contribution in [0.15, 0.2) is 58.6 Å². The molecule has 0 saturated heterocycles. The van der Waals surface area contributed by atoms with Gasteiger partial charge in [-0.05, 0) is 47.7 Å². The van der Waals surface area contributed by atoms with Crippen LogP contribution in [0.5, 0.6) is 5.75 Å². The third-order valence-corrected chi connectivity index (χ3v) is 6.18. The number of nitrogens with zero attached hydrogens (tertiary/aromatic N) is 3. The van der Waals surface area contributed by atoms with E-state index in [1.807, 2.05) is 47.7 Å². The van der Waals surface area contributed by atoms with E-state index in [0.717, 1.165) is 36.2 Å². The molecule has 3 aromatic heterocycles. The van der Waals surface area contributed by atoms with Crippen LogP contribution < -0.4 is 4.74 Å². The summed E-state index contributed by atoms with van der Waals surface area (Å²) in [6.45, 7) is 2.73. The van der Waals surface area contributed by atoms with E-state index in [0.29, 0.717) is 18.0 Å². The molecule has 0 aliphatic carbocycles. The number of rotatable bonds is 6. The van der Waals surface area contributed by atoms with Crippen molar-refractivity contribution in [1.29, 1.82) is 0 Å². The van der Waals surface area contributed by atoms with Crippen LogP contribution in [0, 0.1) is 0 Å². The zero-order valence-corrected chi connectivity index (χ0v) is 16.6. The van der Waals surface area contributed by atoms with E-state index in [1.165, 1.54) is 10.4 Å². The molecular formula is C22H21N3O3S. The minimum Gasteiger partial charge on any atom is -0.491 e. The highest BCUT2D eigenvalue weighted by atomic mass is 32.1. The van der Waals surface area contributed by atoms with E-state index in [-0.39, 0.29) is 6.61 Å². The molecule has 4 heterocycles. The van der Waals surface area contributed by atoms with Crippen LogP contribution in [0.3, 0.4) is 0 Å². The van der Waals surface area contributed by atoms with Crippen LogP contribution in [0.1, 0.15) is 10.4 Å². The zero-order chi connectivity index (χ0) is 19.6. The van der Waals surface area contributed by atoms with Gasteiger partial charge in [0.25, 0.3) is 5.71 Å². The minimum absolute atomic E-state index is 0.248. The molecule has 6 nitrogen and oxygen atoms in total. The third-order valence-electron chi connectivity index (χ3n) is 5.16. The SMILES string of the molecule is OC(COc1cccc(-c2noc3ncccc23)c1)CN1CCc2sccc2C1. The zero-order valence-electron chi connectivity index (χ0n) is 15.8. The van der Waals surface area contributed by atoms with Crippen molar-refractivity contribution in [2.24, 2.45) is 0 Å². The fourth-order valence-electron chi connectivity index (χ4n) is 3.73. The standard InChI is InChI=1S/C22H21N3O3S/c26-17(13-25-9-6-20-16(12-25)7-10-29-20)14-27-18-4-1-3-15(11-18)21-19-5-2-8-23-22(19)28-24-21/h1-5,7-8,10-11,17,26H,6,9,12-14H2. The summed E-state index contributed by atoms with van der Waals surface area (Å²) < 4.78 is 11.2. The molecule has 0 amide bonds. The van der Waals surface area contributed by atoms with Crippen molar-refractivity contribution in [2.45, 2.75) is 19.1 Å². The summed E-state index contributed by atoms with van der Waals surface area (Å²) in [5.74, 6) is 0.695. The molecule has 1 aliphatic rings. The van der Waals surface area contributed by atoms with Gasteiger partial charge in [-0.2, -0.15) is 0 Å². The van der Waals surface area contributed by atoms with Crippen molar-refractivity contribution in [3.8, 4) is 17.0 Å². The lowest BCUT2D eigenvalue weighted by Gasteiger charge is -2.28. The molecule has 0 radical (unpaired) electrons. The van der Waals surface area contributed by atoms with E-state index in [4.69, 9.17) is 9.26 Å². The van der Waals surface area contributed by atoms with Crippen LogP contribution in [0.4, 0.5) is 0 Å². The molecule has 1 unspecified atom stereocenters. The molecule has 29 heavy (non-hydrogen) atoms. The predicted molar refractivity (Wildman–Crippen MR) is 112 cm³/mol. The monoisotopic (exact) mass is 407 g/mol. The number of benzene rings is 1. The van der Waals surface area contributed by atoms with Gasteiger partial charge in [-0.15, -0.1) is 11.3 Å². The molecule has 0 bridgehead atoms. The van der Waals surface area contributed by atoms with Crippen molar-refractivity contribution < 1.29 is 14.4 Å². The lowest BCUT2D eigenvalue weighted by Crippen LogP contribution is -2.38. The van der Waals surface area contributed by atoms with E-state index >= 15 is 0 Å². The lowest BCUT2D eigenvalue weighted by molar-refractivity contribution is 0.0640. The maximum absolute atomic E-state index is 10.5. The van der Waals surface area contributed by atoms with Gasteiger partial charge < -0.3 is 14.4 Å². The number of fused-ring (bicyclic) bond motifs is 2. The molecule has 4 aromatic rings. The summed E-state index contributed by atoms with van der Waals surface area (Å²) in [6.07, 6.45) is 2.19. The van der Waals surface area contributed by atoms with Crippen molar-refractivity contribution in [1.82, 2.24) is 15.0 Å². The van der Waals surface area contributed by atoms with Crippen molar-refractivity contribution >= 4 is 22.4 Å². The Morgan fingerprint density at radius 3 is 3.17 bits per heavy atom. The highest BCUT2D eigenvalue weighted by Gasteiger charge is 2.20. The number of hydrogen-bond acceptors (Lipinski definition) is 7. The molecular weight excluding hydrogens is 386 g/mol. The second-order valence-electron chi connectivity index (χ2n) is 7.23. The highest BCUT2D eigenvalue weighted by Crippen LogP contribution is 2.29. The van der Waals surface area contributed by atoms with Gasteiger partial charge in [0.05, 0.1) is 5.39 Å². The van der Waals surface area contributed by atoms with Gasteiger partial charge in [-0.25, -0.2) is 4.98 Å². The smallest absolute Gasteiger partial charge is 0.258 e. The van der Waals surface area contributed by atoms with Crippen LogP contribution in [-0.2, 0) is 13.0 Å². The summed E-state index contributed by atoms with van der Waals surface area (Å²) in [6, 6.07) is 13.6. The van der Waals surface area contributed by atoms with Crippen molar-refractivity contribution in [2.75, 3.05) is 19.7 Å². The van der Waals surface area contributed by atoms with Gasteiger partial charge in [0, 0.05) is 36.3 Å². The third kappa shape index (κ3) is 3.89. The van der Waals surface area contributed by atoms with Crippen LogP contribution >= 0.6 is 11.3 Å². The topological polar surface area (TPSA) is 71.6 Å². The number of aromatic nitrogens is 2. The second-order valence-corrected chi connectivity index (χ2v) is 8.23. The average Bonchev–Trinajstić information content (AvgIpc) is 3.39. The van der Waals surface area contributed by atoms with Gasteiger partial charge in [0.1, 0.15) is 24.2 Å². The quantitative estimate of drug-likeness (QED) is 0.525. The van der Waals surface area contributed by atoms with E-state index in [1.54, 1.807) is 6.20 Å². The normalized spacial score (nSPS) is 15.3. The Morgan fingerprint density at radius 2 is 2.21 bits per heavy atom. The minimum atomic E-state index is -0.545. The molecule has 1 aromatic carbocycles. The molecule has 0 spiro atoms. The summed E-state index contributed by atoms with van der Waals surface area (Å²) in [7, 11) is 0. The average molecular weight is 407 g/mol. The van der Waals surface area contributed by atoms with E-state index in [2.05, 4.69) is 26.5 Å². The van der Waals surface area contributed by atoms with Gasteiger partial charge in [-0.3, -0.25) is 4.90 Å². The van der Waals surface area contributed by atoms with Crippen LogP contribution in [0.25, 0.3) is 22.4 Å². The Bertz CT molecular complexity index is 1120. The Morgan fingerprint density at radius 1 is 1.24 bits per heavy atom. The molecule has 1 N–H and O–H groups in total. The van der Waals surface area contributed by atoms with Crippen molar-refractivity contribution in [3.05, 3.63) is 64.5 Å². The number of thiophene rings is 1. The molecule has 0 saturated carbocycles. The highest BCUT2D eigenvalue weighted by molar-refractivity contribution is 7.10. The van der Waals surface area contributed by atoms with Crippen molar-refractivity contribution in [3.63, 3.8) is 0 Å². The maximum atomic E-state index is 10.5. The fraction of sp³-hybridized carbons (Fsp3) is 0.273. The number of pyridine rings is 1. The summed E-state index contributed by atoms with van der Waals surface area (Å²) in [5.41, 5.74) is 3.53. The number of aliphatic hydroxyl groups is 1. The van der Waals surface area contributed by atoms with Gasteiger partial charge in [0.2, 0.25) is 0 Å². The Balaban J connectivity index is 1.22. The first-order chi connectivity index (χ1) is 14.3. The van der Waals surface area contributed by atoms with Gasteiger partial charge in [-0.1, -0.05) is 17.3 Å². The number of β-amino-alcohol motifs (C(OH)–C–C–N with tert-alkyl or cyclic N) is 1. The van der Waals surface area contributed by atoms with Crippen LogP contribution in [0.2, 0.25) is 0 Å².